The molecule has 1 rings (SSSR count). The normalized spacial score (nSPS) is 16.1. The Morgan fingerprint density at radius 1 is 1.44 bits per heavy atom. The highest BCUT2D eigenvalue weighted by Gasteiger charge is 2.31. The Labute approximate surface area is 91.0 Å². The number of hydrogen-bond donors (Lipinski definition) is 1. The fraction of sp³-hybridized carbons (Fsp3) is 0.778. The molecule has 0 fully saturated rings. The Bertz CT molecular complexity index is 337. The van der Waals surface area contributed by atoms with E-state index in [0.29, 0.717) is 0 Å². The average Bonchev–Trinajstić information content (AvgIpc) is 2.61. The molecule has 4 nitrogen and oxygen atoms in total. The van der Waals surface area contributed by atoms with Crippen molar-refractivity contribution in [3.8, 4) is 0 Å². The summed E-state index contributed by atoms with van der Waals surface area (Å²) >= 11 is 0. The van der Waals surface area contributed by atoms with E-state index >= 15 is 0 Å². The van der Waals surface area contributed by atoms with Gasteiger partial charge in [-0.15, -0.1) is 0 Å². The Morgan fingerprint density at radius 2 is 2.06 bits per heavy atom. The van der Waals surface area contributed by atoms with E-state index in [1.807, 2.05) is 13.8 Å². The lowest BCUT2D eigenvalue weighted by atomic mass is 10.0. The van der Waals surface area contributed by atoms with Crippen molar-refractivity contribution in [3.05, 3.63) is 11.7 Å². The van der Waals surface area contributed by atoms with Gasteiger partial charge in [-0.25, -0.2) is 0 Å². The lowest BCUT2D eigenvalue weighted by Gasteiger charge is -2.12. The molecule has 0 saturated carbocycles. The maximum atomic E-state index is 12.0. The lowest BCUT2D eigenvalue weighted by molar-refractivity contribution is -0.128. The Balaban J connectivity index is 2.71. The number of aromatic nitrogens is 2. The first-order chi connectivity index (χ1) is 7.33. The van der Waals surface area contributed by atoms with Gasteiger partial charge in [-0.2, -0.15) is 18.2 Å². The molecule has 2 atom stereocenters. The first-order valence-electron chi connectivity index (χ1n) is 4.98. The van der Waals surface area contributed by atoms with Gasteiger partial charge in [0.25, 0.3) is 0 Å². The number of halogens is 3. The number of hydrogen-bond acceptors (Lipinski definition) is 4. The summed E-state index contributed by atoms with van der Waals surface area (Å²) in [5, 5.41) is 3.25. The lowest BCUT2D eigenvalue weighted by Crippen LogP contribution is -2.19. The molecule has 2 N–H and O–H groups in total. The highest BCUT2D eigenvalue weighted by molar-refractivity contribution is 4.94. The van der Waals surface area contributed by atoms with Gasteiger partial charge in [0.1, 0.15) is 6.42 Å². The van der Waals surface area contributed by atoms with Crippen LogP contribution in [0.2, 0.25) is 0 Å². The van der Waals surface area contributed by atoms with E-state index in [1.54, 1.807) is 0 Å². The third-order valence-electron chi connectivity index (χ3n) is 2.38. The van der Waals surface area contributed by atoms with Crippen molar-refractivity contribution in [2.24, 2.45) is 11.7 Å². The van der Waals surface area contributed by atoms with E-state index in [-0.39, 0.29) is 17.6 Å². The fourth-order valence-electron chi connectivity index (χ4n) is 1.15. The predicted octanol–water partition coefficient (Wildman–Crippen LogP) is 2.22. The summed E-state index contributed by atoms with van der Waals surface area (Å²) in [4.78, 5) is 3.64. The highest BCUT2D eigenvalue weighted by Crippen LogP contribution is 2.23. The van der Waals surface area contributed by atoms with E-state index in [2.05, 4.69) is 10.1 Å². The molecule has 1 heterocycles. The molecule has 1 aromatic rings. The maximum Gasteiger partial charge on any atom is 0.396 e. The minimum absolute atomic E-state index is 0.0635. The molecule has 1 aromatic heterocycles. The molecule has 0 aliphatic heterocycles. The van der Waals surface area contributed by atoms with Gasteiger partial charge in [0.15, 0.2) is 5.82 Å². The molecule has 0 saturated heterocycles. The van der Waals surface area contributed by atoms with E-state index in [0.717, 1.165) is 6.42 Å². The average molecular weight is 237 g/mol. The standard InChI is InChI=1S/C9H14F3N3O/c1-3-5(2)7(13)8-14-6(15-16-8)4-9(10,11)12/h5,7H,3-4,13H2,1-2H3/t5?,7-/m0/s1. The van der Waals surface area contributed by atoms with Crippen LogP contribution in [0.1, 0.15) is 38.0 Å². The molecule has 0 aliphatic rings. The predicted molar refractivity (Wildman–Crippen MR) is 50.4 cm³/mol. The minimum Gasteiger partial charge on any atom is -0.338 e. The molecule has 0 aromatic carbocycles. The third kappa shape index (κ3) is 3.48. The zero-order chi connectivity index (χ0) is 12.3. The van der Waals surface area contributed by atoms with Gasteiger partial charge in [-0.1, -0.05) is 25.4 Å². The summed E-state index contributed by atoms with van der Waals surface area (Å²) in [6.07, 6.45) is -4.73. The van der Waals surface area contributed by atoms with Crippen LogP contribution in [0.4, 0.5) is 13.2 Å². The largest absolute Gasteiger partial charge is 0.396 e. The second-order valence-electron chi connectivity index (χ2n) is 3.75. The van der Waals surface area contributed by atoms with Crippen molar-refractivity contribution in [1.82, 2.24) is 10.1 Å². The van der Waals surface area contributed by atoms with Gasteiger partial charge >= 0.3 is 6.18 Å². The number of alkyl halides is 3. The summed E-state index contributed by atoms with van der Waals surface area (Å²) in [5.74, 6) is -0.228. The molecule has 16 heavy (non-hydrogen) atoms. The zero-order valence-corrected chi connectivity index (χ0v) is 9.08. The van der Waals surface area contributed by atoms with Gasteiger partial charge in [0, 0.05) is 0 Å². The van der Waals surface area contributed by atoms with E-state index in [1.165, 1.54) is 0 Å². The van der Waals surface area contributed by atoms with Gasteiger partial charge < -0.3 is 10.3 Å². The van der Waals surface area contributed by atoms with Crippen LogP contribution < -0.4 is 5.73 Å². The van der Waals surface area contributed by atoms with Crippen molar-refractivity contribution in [3.63, 3.8) is 0 Å². The van der Waals surface area contributed by atoms with Crippen molar-refractivity contribution in [1.29, 1.82) is 0 Å². The van der Waals surface area contributed by atoms with Crippen LogP contribution in [0.3, 0.4) is 0 Å². The molecular weight excluding hydrogens is 223 g/mol. The van der Waals surface area contributed by atoms with Gasteiger partial charge in [-0.05, 0) is 5.92 Å². The molecule has 7 heteroatoms. The zero-order valence-electron chi connectivity index (χ0n) is 9.08. The second kappa shape index (κ2) is 4.82. The quantitative estimate of drug-likeness (QED) is 0.872. The molecule has 0 aliphatic carbocycles. The van der Waals surface area contributed by atoms with Crippen molar-refractivity contribution >= 4 is 0 Å². The number of nitrogens with zero attached hydrogens (tertiary/aromatic N) is 2. The summed E-state index contributed by atoms with van der Waals surface area (Å²) in [6.45, 7) is 3.80. The van der Waals surface area contributed by atoms with E-state index < -0.39 is 18.6 Å². The van der Waals surface area contributed by atoms with Crippen molar-refractivity contribution < 1.29 is 17.7 Å². The Kier molecular flexibility index (Phi) is 3.90. The van der Waals surface area contributed by atoms with Crippen LogP contribution in [0.5, 0.6) is 0 Å². The molecular formula is C9H14F3N3O. The van der Waals surface area contributed by atoms with E-state index in [4.69, 9.17) is 10.3 Å². The number of nitrogens with two attached hydrogens (primary N) is 1. The monoisotopic (exact) mass is 237 g/mol. The Hall–Kier alpha value is -1.11. The summed E-state index contributed by atoms with van der Waals surface area (Å²) in [5.41, 5.74) is 5.75. The van der Waals surface area contributed by atoms with Gasteiger partial charge in [0.2, 0.25) is 5.89 Å². The van der Waals surface area contributed by atoms with Crippen LogP contribution in [0.25, 0.3) is 0 Å². The van der Waals surface area contributed by atoms with Crippen molar-refractivity contribution in [2.45, 2.75) is 38.9 Å². The molecule has 92 valence electrons. The smallest absolute Gasteiger partial charge is 0.338 e. The SMILES string of the molecule is CCC(C)[C@H](N)c1nc(CC(F)(F)F)no1. The van der Waals surface area contributed by atoms with Gasteiger partial charge in [-0.3, -0.25) is 0 Å². The van der Waals surface area contributed by atoms with Crippen LogP contribution in [-0.2, 0) is 6.42 Å². The summed E-state index contributed by atoms with van der Waals surface area (Å²) in [7, 11) is 0. The highest BCUT2D eigenvalue weighted by atomic mass is 19.4. The number of rotatable bonds is 4. The second-order valence-corrected chi connectivity index (χ2v) is 3.75. The maximum absolute atomic E-state index is 12.0. The minimum atomic E-state index is -4.33. The van der Waals surface area contributed by atoms with Crippen molar-refractivity contribution in [2.75, 3.05) is 0 Å². The van der Waals surface area contributed by atoms with E-state index in [9.17, 15) is 13.2 Å². The molecule has 0 spiro atoms. The van der Waals surface area contributed by atoms with Gasteiger partial charge in [0.05, 0.1) is 6.04 Å². The van der Waals surface area contributed by atoms with Crippen LogP contribution in [-0.4, -0.2) is 16.3 Å². The first kappa shape index (κ1) is 13.0. The summed E-state index contributed by atoms with van der Waals surface area (Å²) in [6, 6.07) is -0.514. The third-order valence-corrected chi connectivity index (χ3v) is 2.38. The Morgan fingerprint density at radius 3 is 2.56 bits per heavy atom. The molecule has 0 radical (unpaired) electrons. The summed E-state index contributed by atoms with van der Waals surface area (Å²) < 4.78 is 40.8. The molecule has 0 bridgehead atoms. The molecule has 1 unspecified atom stereocenters. The molecule has 0 amide bonds. The van der Waals surface area contributed by atoms with Crippen LogP contribution in [0, 0.1) is 5.92 Å². The van der Waals surface area contributed by atoms with Crippen LogP contribution >= 0.6 is 0 Å². The van der Waals surface area contributed by atoms with Crippen LogP contribution in [0.15, 0.2) is 4.52 Å². The first-order valence-corrected chi connectivity index (χ1v) is 4.98. The fourth-order valence-corrected chi connectivity index (χ4v) is 1.15. The topological polar surface area (TPSA) is 64.9 Å².